The van der Waals surface area contributed by atoms with E-state index < -0.39 is 0 Å². The molecule has 4 nitrogen and oxygen atoms in total. The maximum absolute atomic E-state index is 12.7. The molecule has 1 saturated carbocycles. The first kappa shape index (κ1) is 17.0. The number of benzene rings is 1. The molecule has 0 spiro atoms. The molecule has 1 aromatic carbocycles. The van der Waals surface area contributed by atoms with Crippen LogP contribution in [0.25, 0.3) is 6.08 Å². The molecule has 4 rings (SSSR count). The zero-order chi connectivity index (χ0) is 18.1. The molecule has 2 aliphatic rings. The van der Waals surface area contributed by atoms with Crippen LogP contribution in [0.3, 0.4) is 0 Å². The second kappa shape index (κ2) is 7.08. The summed E-state index contributed by atoms with van der Waals surface area (Å²) in [5, 5.41) is 7.77. The van der Waals surface area contributed by atoms with Gasteiger partial charge in [0.15, 0.2) is 0 Å². The Morgan fingerprint density at radius 3 is 2.81 bits per heavy atom. The van der Waals surface area contributed by atoms with Gasteiger partial charge in [0.1, 0.15) is 5.70 Å². The molecular formula is C21H22N2O2S. The first-order chi connectivity index (χ1) is 12.6. The van der Waals surface area contributed by atoms with Crippen LogP contribution in [0.2, 0.25) is 0 Å². The van der Waals surface area contributed by atoms with Crippen LogP contribution in [0, 0.1) is 5.92 Å². The molecule has 2 amide bonds. The smallest absolute Gasteiger partial charge is 0.268 e. The van der Waals surface area contributed by atoms with E-state index in [9.17, 15) is 9.59 Å². The summed E-state index contributed by atoms with van der Waals surface area (Å²) < 4.78 is 0. The van der Waals surface area contributed by atoms with Gasteiger partial charge >= 0.3 is 0 Å². The third-order valence-electron chi connectivity index (χ3n) is 5.44. The van der Waals surface area contributed by atoms with Crippen LogP contribution < -0.4 is 10.6 Å². The third kappa shape index (κ3) is 3.31. The van der Waals surface area contributed by atoms with Crippen molar-refractivity contribution in [3.63, 3.8) is 0 Å². The molecule has 3 unspecified atom stereocenters. The first-order valence-corrected chi connectivity index (χ1v) is 9.91. The minimum absolute atomic E-state index is 0.182. The standard InChI is InChI=1S/C21H22N2O2S/c1-13(24)22-20(11-15-6-4-10-26-15)21(25)23-19-12-18-16-7-3-2-5-14(16)8-9-17(18)19/h2-7,10-11,17-19H,8-9,12H2,1H3,(H,22,24)(H,23,25)/b20-11-. The van der Waals surface area contributed by atoms with Crippen molar-refractivity contribution in [2.75, 3.05) is 0 Å². The van der Waals surface area contributed by atoms with Crippen LogP contribution in [0.4, 0.5) is 0 Å². The molecule has 2 N–H and O–H groups in total. The maximum atomic E-state index is 12.7. The molecular weight excluding hydrogens is 344 g/mol. The van der Waals surface area contributed by atoms with Crippen molar-refractivity contribution in [2.24, 2.45) is 5.92 Å². The van der Waals surface area contributed by atoms with Gasteiger partial charge in [-0.25, -0.2) is 0 Å². The SMILES string of the molecule is CC(=O)N/C(=C\c1cccs1)C(=O)NC1CC2c3ccccc3CCC12. The predicted molar refractivity (Wildman–Crippen MR) is 104 cm³/mol. The largest absolute Gasteiger partial charge is 0.348 e. The second-order valence-corrected chi connectivity index (χ2v) is 8.06. The minimum atomic E-state index is -0.235. The van der Waals surface area contributed by atoms with E-state index in [1.165, 1.54) is 29.4 Å². The monoisotopic (exact) mass is 366 g/mol. The normalized spacial score (nSPS) is 24.0. The van der Waals surface area contributed by atoms with Crippen LogP contribution >= 0.6 is 11.3 Å². The van der Waals surface area contributed by atoms with Gasteiger partial charge in [-0.2, -0.15) is 0 Å². The number of fused-ring (bicyclic) bond motifs is 3. The lowest BCUT2D eigenvalue weighted by Crippen LogP contribution is -2.53. The molecule has 1 aromatic heterocycles. The lowest BCUT2D eigenvalue weighted by atomic mass is 9.60. The van der Waals surface area contributed by atoms with Gasteiger partial charge < -0.3 is 10.6 Å². The van der Waals surface area contributed by atoms with E-state index in [0.29, 0.717) is 17.5 Å². The Balaban J connectivity index is 1.46. The molecule has 2 aromatic rings. The molecule has 1 heterocycles. The van der Waals surface area contributed by atoms with Crippen LogP contribution in [0.1, 0.15) is 41.7 Å². The molecule has 26 heavy (non-hydrogen) atoms. The predicted octanol–water partition coefficient (Wildman–Crippen LogP) is 3.46. The Morgan fingerprint density at radius 1 is 1.19 bits per heavy atom. The summed E-state index contributed by atoms with van der Waals surface area (Å²) in [6, 6.07) is 12.7. The van der Waals surface area contributed by atoms with Gasteiger partial charge in [-0.3, -0.25) is 9.59 Å². The molecule has 5 heteroatoms. The van der Waals surface area contributed by atoms with Gasteiger partial charge in [-0.15, -0.1) is 11.3 Å². The minimum Gasteiger partial charge on any atom is -0.348 e. The molecule has 134 valence electrons. The fourth-order valence-electron chi connectivity index (χ4n) is 4.19. The number of hydrogen-bond acceptors (Lipinski definition) is 3. The zero-order valence-electron chi connectivity index (χ0n) is 14.7. The van der Waals surface area contributed by atoms with E-state index in [2.05, 4.69) is 34.9 Å². The summed E-state index contributed by atoms with van der Waals surface area (Å²) in [7, 11) is 0. The van der Waals surface area contributed by atoms with Gasteiger partial charge in [-0.05, 0) is 59.7 Å². The van der Waals surface area contributed by atoms with Crippen LogP contribution in [0.15, 0.2) is 47.5 Å². The molecule has 0 aliphatic heterocycles. The number of amides is 2. The highest BCUT2D eigenvalue weighted by molar-refractivity contribution is 7.10. The molecule has 0 bridgehead atoms. The quantitative estimate of drug-likeness (QED) is 0.814. The van der Waals surface area contributed by atoms with Crippen molar-refractivity contribution in [2.45, 2.75) is 38.1 Å². The van der Waals surface area contributed by atoms with E-state index in [1.54, 1.807) is 6.08 Å². The summed E-state index contributed by atoms with van der Waals surface area (Å²) in [6.45, 7) is 1.42. The van der Waals surface area contributed by atoms with Crippen molar-refractivity contribution < 1.29 is 9.59 Å². The third-order valence-corrected chi connectivity index (χ3v) is 6.26. The number of thiophene rings is 1. The van der Waals surface area contributed by atoms with Crippen molar-refractivity contribution in [1.82, 2.24) is 10.6 Å². The summed E-state index contributed by atoms with van der Waals surface area (Å²) in [5.74, 6) is 0.613. The van der Waals surface area contributed by atoms with E-state index in [0.717, 1.165) is 24.1 Å². The van der Waals surface area contributed by atoms with Crippen molar-refractivity contribution in [3.05, 3.63) is 63.5 Å². The number of hydrogen-bond donors (Lipinski definition) is 2. The number of rotatable bonds is 4. The number of carbonyl (C=O) groups excluding carboxylic acids is 2. The topological polar surface area (TPSA) is 58.2 Å². The summed E-state index contributed by atoms with van der Waals surface area (Å²) in [4.78, 5) is 25.2. The van der Waals surface area contributed by atoms with Gasteiger partial charge in [-0.1, -0.05) is 30.3 Å². The second-order valence-electron chi connectivity index (χ2n) is 7.08. The Morgan fingerprint density at radius 2 is 2.04 bits per heavy atom. The number of carbonyl (C=O) groups is 2. The van der Waals surface area contributed by atoms with Crippen molar-refractivity contribution in [3.8, 4) is 0 Å². The fraction of sp³-hybridized carbons (Fsp3) is 0.333. The first-order valence-electron chi connectivity index (χ1n) is 9.03. The van der Waals surface area contributed by atoms with E-state index in [-0.39, 0.29) is 17.9 Å². The van der Waals surface area contributed by atoms with Crippen LogP contribution in [-0.4, -0.2) is 17.9 Å². The fourth-order valence-corrected chi connectivity index (χ4v) is 4.85. The van der Waals surface area contributed by atoms with Crippen molar-refractivity contribution >= 4 is 29.2 Å². The van der Waals surface area contributed by atoms with Gasteiger partial charge in [0.2, 0.25) is 5.91 Å². The molecule has 3 atom stereocenters. The van der Waals surface area contributed by atoms with Crippen LogP contribution in [-0.2, 0) is 16.0 Å². The molecule has 2 aliphatic carbocycles. The molecule has 0 radical (unpaired) electrons. The van der Waals surface area contributed by atoms with Gasteiger partial charge in [0.05, 0.1) is 0 Å². The maximum Gasteiger partial charge on any atom is 0.268 e. The lowest BCUT2D eigenvalue weighted by Gasteiger charge is -2.49. The molecule has 1 fully saturated rings. The average molecular weight is 366 g/mol. The highest BCUT2D eigenvalue weighted by Crippen LogP contribution is 2.49. The zero-order valence-corrected chi connectivity index (χ0v) is 15.5. The molecule has 0 saturated heterocycles. The Bertz CT molecular complexity index is 857. The number of aryl methyl sites for hydroxylation is 1. The van der Waals surface area contributed by atoms with Gasteiger partial charge in [0.25, 0.3) is 5.91 Å². The Labute approximate surface area is 157 Å². The van der Waals surface area contributed by atoms with E-state index >= 15 is 0 Å². The van der Waals surface area contributed by atoms with Gasteiger partial charge in [0, 0.05) is 17.8 Å². The lowest BCUT2D eigenvalue weighted by molar-refractivity contribution is -0.123. The summed E-state index contributed by atoms with van der Waals surface area (Å²) >= 11 is 1.54. The summed E-state index contributed by atoms with van der Waals surface area (Å²) in [6.07, 6.45) is 4.90. The van der Waals surface area contributed by atoms with Crippen LogP contribution in [0.5, 0.6) is 0 Å². The summed E-state index contributed by atoms with van der Waals surface area (Å²) in [5.41, 5.74) is 3.22. The van der Waals surface area contributed by atoms with Crippen molar-refractivity contribution in [1.29, 1.82) is 0 Å². The number of nitrogens with one attached hydrogen (secondary N) is 2. The average Bonchev–Trinajstić information content (AvgIpc) is 3.11. The Kier molecular flexibility index (Phi) is 4.64. The van der Waals surface area contributed by atoms with E-state index in [1.807, 2.05) is 17.5 Å². The highest BCUT2D eigenvalue weighted by Gasteiger charge is 2.45. The Hall–Kier alpha value is -2.40. The highest BCUT2D eigenvalue weighted by atomic mass is 32.1. The van der Waals surface area contributed by atoms with E-state index in [4.69, 9.17) is 0 Å².